The number of aliphatic hydroxyl groups is 1. The van der Waals surface area contributed by atoms with Gasteiger partial charge < -0.3 is 5.11 Å². The standard InChI is InChI=1S/C13H16N2O3S/c1-9-5-6-12(11-4-3-7-14-13(9)11)19(17,18)15-8-10(2)16/h3-7,10,15-16H,8H2,1-2H3/t10-/m1/s1. The Labute approximate surface area is 112 Å². The number of aromatic nitrogens is 1. The summed E-state index contributed by atoms with van der Waals surface area (Å²) in [5.74, 6) is 0. The zero-order chi connectivity index (χ0) is 14.0. The van der Waals surface area contributed by atoms with Crippen LogP contribution in [0.4, 0.5) is 0 Å². The van der Waals surface area contributed by atoms with E-state index in [2.05, 4.69) is 9.71 Å². The quantitative estimate of drug-likeness (QED) is 0.882. The lowest BCUT2D eigenvalue weighted by atomic mass is 10.1. The second kappa shape index (κ2) is 5.24. The molecule has 6 heteroatoms. The zero-order valence-corrected chi connectivity index (χ0v) is 11.6. The van der Waals surface area contributed by atoms with Crippen LogP contribution in [0.25, 0.3) is 10.9 Å². The van der Waals surface area contributed by atoms with E-state index >= 15 is 0 Å². The maximum absolute atomic E-state index is 12.2. The van der Waals surface area contributed by atoms with E-state index in [0.29, 0.717) is 10.9 Å². The molecule has 0 unspecified atom stereocenters. The largest absolute Gasteiger partial charge is 0.392 e. The smallest absolute Gasteiger partial charge is 0.241 e. The van der Waals surface area contributed by atoms with Crippen molar-refractivity contribution in [2.75, 3.05) is 6.54 Å². The Morgan fingerprint density at radius 2 is 2.11 bits per heavy atom. The Morgan fingerprint density at radius 3 is 2.79 bits per heavy atom. The predicted molar refractivity (Wildman–Crippen MR) is 73.3 cm³/mol. The van der Waals surface area contributed by atoms with Crippen LogP contribution in [0.2, 0.25) is 0 Å². The molecule has 2 aromatic rings. The molecule has 2 rings (SSSR count). The number of aliphatic hydroxyl groups excluding tert-OH is 1. The van der Waals surface area contributed by atoms with Crippen molar-refractivity contribution in [3.63, 3.8) is 0 Å². The number of benzene rings is 1. The summed E-state index contributed by atoms with van der Waals surface area (Å²) < 4.78 is 26.8. The summed E-state index contributed by atoms with van der Waals surface area (Å²) in [6.45, 7) is 3.39. The lowest BCUT2D eigenvalue weighted by Gasteiger charge is -2.11. The Morgan fingerprint density at radius 1 is 1.37 bits per heavy atom. The first-order chi connectivity index (χ1) is 8.92. The summed E-state index contributed by atoms with van der Waals surface area (Å²) in [7, 11) is -3.65. The van der Waals surface area contributed by atoms with Gasteiger partial charge in [-0.3, -0.25) is 4.98 Å². The van der Waals surface area contributed by atoms with Gasteiger partial charge in [0.25, 0.3) is 0 Å². The second-order valence-corrected chi connectivity index (χ2v) is 6.22. The van der Waals surface area contributed by atoms with Crippen LogP contribution < -0.4 is 4.72 Å². The summed E-state index contributed by atoms with van der Waals surface area (Å²) in [6, 6.07) is 6.72. The van der Waals surface area contributed by atoms with Crippen LogP contribution in [-0.4, -0.2) is 31.2 Å². The minimum Gasteiger partial charge on any atom is -0.392 e. The Balaban J connectivity index is 2.54. The number of rotatable bonds is 4. The Hall–Kier alpha value is -1.50. The van der Waals surface area contributed by atoms with Gasteiger partial charge >= 0.3 is 0 Å². The van der Waals surface area contributed by atoms with Crippen LogP contribution in [0.1, 0.15) is 12.5 Å². The summed E-state index contributed by atoms with van der Waals surface area (Å²) in [6.07, 6.45) is 0.902. The van der Waals surface area contributed by atoms with E-state index in [1.807, 2.05) is 6.92 Å². The SMILES string of the molecule is Cc1ccc(S(=O)(=O)NC[C@@H](C)O)c2cccnc12. The molecule has 0 saturated heterocycles. The van der Waals surface area contributed by atoms with Crippen molar-refractivity contribution in [3.8, 4) is 0 Å². The number of hydrogen-bond acceptors (Lipinski definition) is 4. The van der Waals surface area contributed by atoms with Gasteiger partial charge in [-0.15, -0.1) is 0 Å². The minimum absolute atomic E-state index is 0.0159. The third kappa shape index (κ3) is 2.91. The summed E-state index contributed by atoms with van der Waals surface area (Å²) in [5, 5.41) is 9.76. The number of nitrogens with zero attached hydrogens (tertiary/aromatic N) is 1. The van der Waals surface area contributed by atoms with Gasteiger partial charge in [0, 0.05) is 18.1 Å². The summed E-state index contributed by atoms with van der Waals surface area (Å²) in [5.41, 5.74) is 1.59. The normalized spacial score (nSPS) is 13.6. The van der Waals surface area contributed by atoms with Gasteiger partial charge in [-0.25, -0.2) is 13.1 Å². The molecule has 0 aliphatic heterocycles. The molecule has 2 N–H and O–H groups in total. The summed E-state index contributed by atoms with van der Waals surface area (Å²) >= 11 is 0. The minimum atomic E-state index is -3.65. The lowest BCUT2D eigenvalue weighted by Crippen LogP contribution is -2.30. The molecule has 0 saturated carbocycles. The number of hydrogen-bond donors (Lipinski definition) is 2. The average Bonchev–Trinajstić information content (AvgIpc) is 2.37. The van der Waals surface area contributed by atoms with Gasteiger partial charge in [-0.2, -0.15) is 0 Å². The highest BCUT2D eigenvalue weighted by Gasteiger charge is 2.18. The first kappa shape index (κ1) is 13.9. The molecule has 1 aromatic carbocycles. The molecular weight excluding hydrogens is 264 g/mol. The molecule has 0 fully saturated rings. The van der Waals surface area contributed by atoms with Crippen molar-refractivity contribution in [1.29, 1.82) is 0 Å². The van der Waals surface area contributed by atoms with Crippen molar-refractivity contribution in [2.24, 2.45) is 0 Å². The fourth-order valence-corrected chi connectivity index (χ4v) is 3.15. The molecule has 0 spiro atoms. The number of nitrogens with one attached hydrogen (secondary N) is 1. The van der Waals surface area contributed by atoms with Gasteiger partial charge in [-0.05, 0) is 37.6 Å². The van der Waals surface area contributed by atoms with Crippen LogP contribution >= 0.6 is 0 Å². The lowest BCUT2D eigenvalue weighted by molar-refractivity contribution is 0.198. The predicted octanol–water partition coefficient (Wildman–Crippen LogP) is 1.20. The molecule has 5 nitrogen and oxygen atoms in total. The Bertz CT molecular complexity index is 696. The highest BCUT2D eigenvalue weighted by molar-refractivity contribution is 7.89. The van der Waals surface area contributed by atoms with Crippen LogP contribution in [0.15, 0.2) is 35.4 Å². The molecule has 0 bridgehead atoms. The molecule has 102 valence electrons. The van der Waals surface area contributed by atoms with Gasteiger partial charge in [-0.1, -0.05) is 6.07 Å². The number of sulfonamides is 1. The zero-order valence-electron chi connectivity index (χ0n) is 10.8. The van der Waals surface area contributed by atoms with Crippen molar-refractivity contribution < 1.29 is 13.5 Å². The highest BCUT2D eigenvalue weighted by atomic mass is 32.2. The number of aryl methyl sites for hydroxylation is 1. The van der Waals surface area contributed by atoms with E-state index in [0.717, 1.165) is 5.56 Å². The first-order valence-electron chi connectivity index (χ1n) is 5.94. The van der Waals surface area contributed by atoms with Crippen molar-refractivity contribution in [1.82, 2.24) is 9.71 Å². The molecule has 1 aromatic heterocycles. The van der Waals surface area contributed by atoms with E-state index in [-0.39, 0.29) is 11.4 Å². The van der Waals surface area contributed by atoms with Gasteiger partial charge in [0.05, 0.1) is 16.5 Å². The molecule has 0 aliphatic carbocycles. The van der Waals surface area contributed by atoms with Crippen molar-refractivity contribution in [3.05, 3.63) is 36.0 Å². The third-order valence-corrected chi connectivity index (χ3v) is 4.27. The molecule has 0 aliphatic rings. The van der Waals surface area contributed by atoms with E-state index < -0.39 is 16.1 Å². The molecule has 0 radical (unpaired) electrons. The molecule has 19 heavy (non-hydrogen) atoms. The monoisotopic (exact) mass is 280 g/mol. The van der Waals surface area contributed by atoms with E-state index in [1.165, 1.54) is 6.92 Å². The topological polar surface area (TPSA) is 79.3 Å². The fourth-order valence-electron chi connectivity index (χ4n) is 1.83. The molecule has 0 amide bonds. The molecule has 1 atom stereocenters. The van der Waals surface area contributed by atoms with Crippen molar-refractivity contribution >= 4 is 20.9 Å². The van der Waals surface area contributed by atoms with Gasteiger partial charge in [0.1, 0.15) is 0 Å². The van der Waals surface area contributed by atoms with E-state index in [9.17, 15) is 13.5 Å². The highest BCUT2D eigenvalue weighted by Crippen LogP contribution is 2.23. The third-order valence-electron chi connectivity index (χ3n) is 2.79. The Kier molecular flexibility index (Phi) is 3.84. The van der Waals surface area contributed by atoms with Gasteiger partial charge in [0.2, 0.25) is 10.0 Å². The van der Waals surface area contributed by atoms with Crippen molar-refractivity contribution in [2.45, 2.75) is 24.8 Å². The van der Waals surface area contributed by atoms with Gasteiger partial charge in [0.15, 0.2) is 0 Å². The fraction of sp³-hybridized carbons (Fsp3) is 0.308. The van der Waals surface area contributed by atoms with E-state index in [4.69, 9.17) is 0 Å². The maximum Gasteiger partial charge on any atom is 0.241 e. The van der Waals surface area contributed by atoms with Crippen LogP contribution in [0.3, 0.4) is 0 Å². The van der Waals surface area contributed by atoms with Crippen LogP contribution in [0, 0.1) is 6.92 Å². The first-order valence-corrected chi connectivity index (χ1v) is 7.42. The molecular formula is C13H16N2O3S. The second-order valence-electron chi connectivity index (χ2n) is 4.48. The summed E-state index contributed by atoms with van der Waals surface area (Å²) in [4.78, 5) is 4.39. The van der Waals surface area contributed by atoms with Crippen LogP contribution in [-0.2, 0) is 10.0 Å². The number of fused-ring (bicyclic) bond motifs is 1. The van der Waals surface area contributed by atoms with E-state index in [1.54, 1.807) is 30.5 Å². The molecule has 1 heterocycles. The number of pyridine rings is 1. The van der Waals surface area contributed by atoms with Crippen LogP contribution in [0.5, 0.6) is 0 Å². The average molecular weight is 280 g/mol. The maximum atomic E-state index is 12.2.